The van der Waals surface area contributed by atoms with Gasteiger partial charge in [-0.05, 0) is 53.7 Å². The van der Waals surface area contributed by atoms with Crippen LogP contribution in [-0.4, -0.2) is 54.6 Å². The number of hydrogen-bond donors (Lipinski definition) is 2. The van der Waals surface area contributed by atoms with E-state index in [-0.39, 0.29) is 6.04 Å². The molecule has 0 saturated heterocycles. The lowest BCUT2D eigenvalue weighted by Crippen LogP contribution is -2.40. The van der Waals surface area contributed by atoms with Gasteiger partial charge >= 0.3 is 0 Å². The van der Waals surface area contributed by atoms with E-state index in [4.69, 9.17) is 4.98 Å². The average Bonchev–Trinajstić information content (AvgIpc) is 3.09. The Hall–Kier alpha value is -2.74. The maximum Gasteiger partial charge on any atom is 0.232 e. The van der Waals surface area contributed by atoms with E-state index in [1.165, 1.54) is 0 Å². The number of imidazole rings is 1. The van der Waals surface area contributed by atoms with Crippen LogP contribution in [0.3, 0.4) is 0 Å². The number of aromatic nitrogens is 5. The van der Waals surface area contributed by atoms with E-state index < -0.39 is 0 Å². The highest BCUT2D eigenvalue weighted by molar-refractivity contribution is 5.84. The maximum absolute atomic E-state index is 4.70. The van der Waals surface area contributed by atoms with Crippen molar-refractivity contribution in [3.63, 3.8) is 0 Å². The third-order valence-electron chi connectivity index (χ3n) is 4.87. The van der Waals surface area contributed by atoms with Crippen molar-refractivity contribution >= 4 is 28.7 Å². The van der Waals surface area contributed by atoms with Crippen molar-refractivity contribution in [2.24, 2.45) is 0 Å². The van der Waals surface area contributed by atoms with E-state index in [2.05, 4.69) is 76.6 Å². The van der Waals surface area contributed by atoms with Gasteiger partial charge in [0.05, 0.1) is 6.33 Å². The van der Waals surface area contributed by atoms with E-state index in [1.807, 2.05) is 24.5 Å². The first kappa shape index (κ1) is 21.0. The minimum Gasteiger partial charge on any atom is -0.367 e. The zero-order chi connectivity index (χ0) is 21.0. The third-order valence-corrected chi connectivity index (χ3v) is 4.87. The predicted molar refractivity (Wildman–Crippen MR) is 119 cm³/mol. The molecule has 0 amide bonds. The van der Waals surface area contributed by atoms with Crippen molar-refractivity contribution in [1.29, 1.82) is 0 Å². The van der Waals surface area contributed by atoms with Crippen LogP contribution in [0.1, 0.15) is 47.6 Å². The molecule has 0 atom stereocenters. The molecule has 156 valence electrons. The zero-order valence-corrected chi connectivity index (χ0v) is 18.2. The molecule has 0 aromatic carbocycles. The van der Waals surface area contributed by atoms with Crippen molar-refractivity contribution in [1.82, 2.24) is 29.4 Å². The van der Waals surface area contributed by atoms with Crippen LogP contribution in [0.2, 0.25) is 0 Å². The molecule has 0 aliphatic carbocycles. The lowest BCUT2D eigenvalue weighted by molar-refractivity contribution is 0.182. The summed E-state index contributed by atoms with van der Waals surface area (Å²) in [6.45, 7) is 14.8. The summed E-state index contributed by atoms with van der Waals surface area (Å²) in [7, 11) is 0. The van der Waals surface area contributed by atoms with E-state index in [0.29, 0.717) is 23.8 Å². The summed E-state index contributed by atoms with van der Waals surface area (Å²) >= 11 is 0. The summed E-state index contributed by atoms with van der Waals surface area (Å²) in [6, 6.07) is 6.93. The van der Waals surface area contributed by atoms with Crippen LogP contribution in [0.4, 0.5) is 17.6 Å². The highest BCUT2D eigenvalue weighted by Gasteiger charge is 2.17. The van der Waals surface area contributed by atoms with Crippen molar-refractivity contribution < 1.29 is 0 Å². The SMILES string of the molecule is CC(C)N(CCNc1nc(Nc2ccccn2)nc2c1ncn2C(C)C)C(C)C. The highest BCUT2D eigenvalue weighted by atomic mass is 15.2. The molecule has 0 unspecified atom stereocenters. The number of pyridine rings is 1. The standard InChI is InChI=1S/C21H32N8/c1-14(2)28(15(3)4)12-11-23-19-18-20(29(13-24-18)16(5)6)27-21(26-19)25-17-9-7-8-10-22-17/h7-10,13-16H,11-12H2,1-6H3,(H2,22,23,25,26,27). The van der Waals surface area contributed by atoms with Crippen molar-refractivity contribution in [3.8, 4) is 0 Å². The van der Waals surface area contributed by atoms with Gasteiger partial charge in [-0.15, -0.1) is 0 Å². The van der Waals surface area contributed by atoms with Crippen LogP contribution in [-0.2, 0) is 0 Å². The van der Waals surface area contributed by atoms with Gasteiger partial charge in [-0.3, -0.25) is 4.90 Å². The molecule has 8 nitrogen and oxygen atoms in total. The minimum atomic E-state index is 0.253. The Morgan fingerprint density at radius 3 is 2.38 bits per heavy atom. The van der Waals surface area contributed by atoms with Gasteiger partial charge in [0.15, 0.2) is 17.0 Å². The molecule has 0 fully saturated rings. The van der Waals surface area contributed by atoms with Crippen LogP contribution in [0.15, 0.2) is 30.7 Å². The van der Waals surface area contributed by atoms with Crippen molar-refractivity contribution in [2.75, 3.05) is 23.7 Å². The molecular weight excluding hydrogens is 364 g/mol. The molecule has 0 aliphatic rings. The Morgan fingerprint density at radius 2 is 1.76 bits per heavy atom. The second-order valence-corrected chi connectivity index (χ2v) is 8.01. The first-order chi connectivity index (χ1) is 13.9. The molecule has 3 rings (SSSR count). The summed E-state index contributed by atoms with van der Waals surface area (Å²) < 4.78 is 2.06. The van der Waals surface area contributed by atoms with Crippen LogP contribution >= 0.6 is 0 Å². The summed E-state index contributed by atoms with van der Waals surface area (Å²) in [5.74, 6) is 1.95. The Morgan fingerprint density at radius 1 is 1.00 bits per heavy atom. The van der Waals surface area contributed by atoms with Gasteiger partial charge in [0.1, 0.15) is 5.82 Å². The normalized spacial score (nSPS) is 11.9. The van der Waals surface area contributed by atoms with Crippen LogP contribution in [0.25, 0.3) is 11.2 Å². The van der Waals surface area contributed by atoms with Crippen LogP contribution in [0.5, 0.6) is 0 Å². The Bertz CT molecular complexity index is 909. The number of nitrogens with zero attached hydrogens (tertiary/aromatic N) is 6. The molecule has 2 N–H and O–H groups in total. The maximum atomic E-state index is 4.70. The highest BCUT2D eigenvalue weighted by Crippen LogP contribution is 2.24. The summed E-state index contributed by atoms with van der Waals surface area (Å²) in [5.41, 5.74) is 1.59. The average molecular weight is 397 g/mol. The van der Waals surface area contributed by atoms with E-state index >= 15 is 0 Å². The first-order valence-corrected chi connectivity index (χ1v) is 10.3. The first-order valence-electron chi connectivity index (χ1n) is 10.3. The third kappa shape index (κ3) is 5.00. The second kappa shape index (κ2) is 9.17. The minimum absolute atomic E-state index is 0.253. The van der Waals surface area contributed by atoms with Crippen LogP contribution in [0, 0.1) is 0 Å². The summed E-state index contributed by atoms with van der Waals surface area (Å²) in [5, 5.41) is 6.68. The fourth-order valence-electron chi connectivity index (χ4n) is 3.44. The van der Waals surface area contributed by atoms with E-state index in [9.17, 15) is 0 Å². The number of nitrogens with one attached hydrogen (secondary N) is 2. The monoisotopic (exact) mass is 396 g/mol. The molecule has 3 heterocycles. The number of rotatable bonds is 9. The number of hydrogen-bond acceptors (Lipinski definition) is 7. The Kier molecular flexibility index (Phi) is 6.64. The molecule has 0 bridgehead atoms. The molecular formula is C21H32N8. The van der Waals surface area contributed by atoms with Gasteiger partial charge in [0.25, 0.3) is 0 Å². The van der Waals surface area contributed by atoms with Crippen molar-refractivity contribution in [2.45, 2.75) is 59.7 Å². The fraction of sp³-hybridized carbons (Fsp3) is 0.524. The van der Waals surface area contributed by atoms with Crippen molar-refractivity contribution in [3.05, 3.63) is 30.7 Å². The second-order valence-electron chi connectivity index (χ2n) is 8.01. The Balaban J connectivity index is 1.88. The van der Waals surface area contributed by atoms with Gasteiger partial charge in [-0.25, -0.2) is 9.97 Å². The number of anilines is 3. The smallest absolute Gasteiger partial charge is 0.232 e. The molecule has 0 spiro atoms. The molecule has 0 radical (unpaired) electrons. The van der Waals surface area contributed by atoms with Gasteiger partial charge < -0.3 is 15.2 Å². The van der Waals surface area contributed by atoms with Gasteiger partial charge in [-0.2, -0.15) is 9.97 Å². The fourth-order valence-corrected chi connectivity index (χ4v) is 3.44. The largest absolute Gasteiger partial charge is 0.367 e. The van der Waals surface area contributed by atoms with Gasteiger partial charge in [0, 0.05) is 37.4 Å². The molecule has 0 saturated carbocycles. The zero-order valence-electron chi connectivity index (χ0n) is 18.2. The quantitative estimate of drug-likeness (QED) is 0.564. The van der Waals surface area contributed by atoms with Crippen LogP contribution < -0.4 is 10.6 Å². The lowest BCUT2D eigenvalue weighted by Gasteiger charge is -2.30. The molecule has 3 aromatic heterocycles. The van der Waals surface area contributed by atoms with Gasteiger partial charge in [-0.1, -0.05) is 6.07 Å². The van der Waals surface area contributed by atoms with E-state index in [0.717, 1.165) is 30.1 Å². The molecule has 8 heteroatoms. The summed E-state index contributed by atoms with van der Waals surface area (Å²) in [6.07, 6.45) is 3.57. The predicted octanol–water partition coefficient (Wildman–Crippen LogP) is 4.08. The summed E-state index contributed by atoms with van der Waals surface area (Å²) in [4.78, 5) is 20.7. The number of fused-ring (bicyclic) bond motifs is 1. The molecule has 29 heavy (non-hydrogen) atoms. The Labute approximate surface area is 172 Å². The topological polar surface area (TPSA) is 83.8 Å². The molecule has 0 aliphatic heterocycles. The van der Waals surface area contributed by atoms with E-state index in [1.54, 1.807) is 6.20 Å². The van der Waals surface area contributed by atoms with Gasteiger partial charge in [0.2, 0.25) is 5.95 Å². The molecule has 3 aromatic rings. The lowest BCUT2D eigenvalue weighted by atomic mass is 10.2.